The van der Waals surface area contributed by atoms with Gasteiger partial charge in [0.15, 0.2) is 5.96 Å². The Morgan fingerprint density at radius 2 is 2.38 bits per heavy atom. The molecule has 0 saturated heterocycles. The predicted molar refractivity (Wildman–Crippen MR) is 91.0 cm³/mol. The van der Waals surface area contributed by atoms with Crippen molar-refractivity contribution in [1.29, 1.82) is 0 Å². The standard InChI is InChI=1S/C15H27N5S/c1-12-10-18-20(11-12)8-4-7-17-15(16-2)19-13-5-6-14(9-13)21-3/h10-11,13-14H,4-9H2,1-3H3,(H2,16,17,19). The third kappa shape index (κ3) is 5.26. The molecule has 0 spiro atoms. The van der Waals surface area contributed by atoms with E-state index in [2.05, 4.69) is 40.1 Å². The van der Waals surface area contributed by atoms with Crippen LogP contribution in [0.1, 0.15) is 31.2 Å². The fraction of sp³-hybridized carbons (Fsp3) is 0.733. The molecular formula is C15H27N5S. The van der Waals surface area contributed by atoms with Crippen molar-refractivity contribution < 1.29 is 0 Å². The highest BCUT2D eigenvalue weighted by Crippen LogP contribution is 2.27. The molecule has 1 aromatic heterocycles. The summed E-state index contributed by atoms with van der Waals surface area (Å²) in [5.41, 5.74) is 1.21. The third-order valence-electron chi connectivity index (χ3n) is 3.90. The molecule has 0 aliphatic heterocycles. The summed E-state index contributed by atoms with van der Waals surface area (Å²) in [6, 6.07) is 0.572. The minimum absolute atomic E-state index is 0.572. The Bertz CT molecular complexity index is 457. The largest absolute Gasteiger partial charge is 0.356 e. The number of guanidine groups is 1. The van der Waals surface area contributed by atoms with Crippen LogP contribution in [0.25, 0.3) is 0 Å². The maximum Gasteiger partial charge on any atom is 0.191 e. The molecule has 0 aromatic carbocycles. The highest BCUT2D eigenvalue weighted by atomic mass is 32.2. The zero-order valence-corrected chi connectivity index (χ0v) is 14.1. The molecule has 1 fully saturated rings. The molecule has 1 heterocycles. The van der Waals surface area contributed by atoms with Gasteiger partial charge >= 0.3 is 0 Å². The summed E-state index contributed by atoms with van der Waals surface area (Å²) < 4.78 is 1.99. The monoisotopic (exact) mass is 309 g/mol. The molecule has 2 atom stereocenters. The van der Waals surface area contributed by atoms with E-state index >= 15 is 0 Å². The van der Waals surface area contributed by atoms with Crippen LogP contribution in [0.4, 0.5) is 0 Å². The summed E-state index contributed by atoms with van der Waals surface area (Å²) in [6.07, 6.45) is 11.0. The maximum atomic E-state index is 4.32. The van der Waals surface area contributed by atoms with Gasteiger partial charge in [-0.1, -0.05) is 0 Å². The second-order valence-electron chi connectivity index (χ2n) is 5.65. The summed E-state index contributed by atoms with van der Waals surface area (Å²) >= 11 is 1.98. The maximum absolute atomic E-state index is 4.32. The molecule has 21 heavy (non-hydrogen) atoms. The van der Waals surface area contributed by atoms with Gasteiger partial charge in [-0.15, -0.1) is 0 Å². The lowest BCUT2D eigenvalue weighted by Crippen LogP contribution is -2.43. The van der Waals surface area contributed by atoms with Crippen LogP contribution >= 0.6 is 11.8 Å². The zero-order chi connectivity index (χ0) is 15.1. The number of hydrogen-bond donors (Lipinski definition) is 2. The molecule has 5 nitrogen and oxygen atoms in total. The number of aryl methyl sites for hydroxylation is 2. The quantitative estimate of drug-likeness (QED) is 0.480. The lowest BCUT2D eigenvalue weighted by atomic mass is 10.2. The first kappa shape index (κ1) is 16.2. The summed E-state index contributed by atoms with van der Waals surface area (Å²) in [7, 11) is 1.84. The van der Waals surface area contributed by atoms with Gasteiger partial charge in [-0.2, -0.15) is 16.9 Å². The summed E-state index contributed by atoms with van der Waals surface area (Å²) in [5, 5.41) is 12.0. The average molecular weight is 309 g/mol. The number of thioether (sulfide) groups is 1. The van der Waals surface area contributed by atoms with E-state index in [4.69, 9.17) is 0 Å². The van der Waals surface area contributed by atoms with Crippen molar-refractivity contribution in [3.8, 4) is 0 Å². The van der Waals surface area contributed by atoms with Crippen molar-refractivity contribution in [2.24, 2.45) is 4.99 Å². The third-order valence-corrected chi connectivity index (χ3v) is 5.00. The van der Waals surface area contributed by atoms with E-state index in [-0.39, 0.29) is 0 Å². The second kappa shape index (κ2) is 8.32. The van der Waals surface area contributed by atoms with Crippen molar-refractivity contribution in [3.63, 3.8) is 0 Å². The van der Waals surface area contributed by atoms with Gasteiger partial charge in [0, 0.05) is 37.6 Å². The Balaban J connectivity index is 1.64. The van der Waals surface area contributed by atoms with Crippen molar-refractivity contribution >= 4 is 17.7 Å². The lowest BCUT2D eigenvalue weighted by Gasteiger charge is -2.17. The van der Waals surface area contributed by atoms with Gasteiger partial charge in [0.25, 0.3) is 0 Å². The molecule has 1 aromatic rings. The van der Waals surface area contributed by atoms with Gasteiger partial charge < -0.3 is 10.6 Å². The van der Waals surface area contributed by atoms with E-state index in [0.29, 0.717) is 6.04 Å². The molecule has 0 bridgehead atoms. The number of hydrogen-bond acceptors (Lipinski definition) is 3. The van der Waals surface area contributed by atoms with Crippen molar-refractivity contribution in [3.05, 3.63) is 18.0 Å². The van der Waals surface area contributed by atoms with Crippen LogP contribution in [0.3, 0.4) is 0 Å². The minimum atomic E-state index is 0.572. The number of nitrogens with one attached hydrogen (secondary N) is 2. The highest BCUT2D eigenvalue weighted by Gasteiger charge is 2.24. The SMILES string of the molecule is CN=C(NCCCn1cc(C)cn1)NC1CCC(SC)C1. The fourth-order valence-corrected chi connectivity index (χ4v) is 3.51. The molecule has 1 aliphatic carbocycles. The van der Waals surface area contributed by atoms with Crippen molar-refractivity contribution in [1.82, 2.24) is 20.4 Å². The van der Waals surface area contributed by atoms with Gasteiger partial charge in [-0.25, -0.2) is 0 Å². The number of nitrogens with zero attached hydrogens (tertiary/aromatic N) is 3. The molecule has 1 aliphatic rings. The smallest absolute Gasteiger partial charge is 0.191 e. The van der Waals surface area contributed by atoms with Gasteiger partial charge in [0.2, 0.25) is 0 Å². The van der Waals surface area contributed by atoms with Crippen LogP contribution in [0.15, 0.2) is 17.4 Å². The first-order chi connectivity index (χ1) is 10.2. The highest BCUT2D eigenvalue weighted by molar-refractivity contribution is 7.99. The van der Waals surface area contributed by atoms with Gasteiger partial charge in [-0.3, -0.25) is 9.67 Å². The van der Waals surface area contributed by atoms with E-state index in [1.54, 1.807) is 0 Å². The number of aliphatic imine (C=N–C) groups is 1. The lowest BCUT2D eigenvalue weighted by molar-refractivity contribution is 0.562. The zero-order valence-electron chi connectivity index (χ0n) is 13.3. The predicted octanol–water partition coefficient (Wildman–Crippen LogP) is 2.03. The second-order valence-corrected chi connectivity index (χ2v) is 6.78. The van der Waals surface area contributed by atoms with E-state index < -0.39 is 0 Å². The molecule has 2 unspecified atom stereocenters. The van der Waals surface area contributed by atoms with Crippen LogP contribution in [0, 0.1) is 6.92 Å². The normalized spacial score (nSPS) is 22.5. The molecular weight excluding hydrogens is 282 g/mol. The van der Waals surface area contributed by atoms with Crippen LogP contribution < -0.4 is 10.6 Å². The molecule has 0 amide bonds. The average Bonchev–Trinajstić information content (AvgIpc) is 3.11. The van der Waals surface area contributed by atoms with E-state index in [9.17, 15) is 0 Å². The first-order valence-corrected chi connectivity index (χ1v) is 8.99. The molecule has 6 heteroatoms. The van der Waals surface area contributed by atoms with E-state index in [0.717, 1.165) is 30.7 Å². The molecule has 0 radical (unpaired) electrons. The summed E-state index contributed by atoms with van der Waals surface area (Å²) in [5.74, 6) is 0.929. The molecule has 2 rings (SSSR count). The first-order valence-electron chi connectivity index (χ1n) is 7.70. The van der Waals surface area contributed by atoms with E-state index in [1.165, 1.54) is 24.8 Å². The topological polar surface area (TPSA) is 54.2 Å². The van der Waals surface area contributed by atoms with Crippen LogP contribution in [0.5, 0.6) is 0 Å². The molecule has 2 N–H and O–H groups in total. The summed E-state index contributed by atoms with van der Waals surface area (Å²) in [6.45, 7) is 3.92. The fourth-order valence-electron chi connectivity index (χ4n) is 2.71. The Morgan fingerprint density at radius 3 is 3.00 bits per heavy atom. The van der Waals surface area contributed by atoms with Gasteiger partial charge in [0.1, 0.15) is 0 Å². The van der Waals surface area contributed by atoms with Crippen LogP contribution in [-0.4, -0.2) is 46.9 Å². The Morgan fingerprint density at radius 1 is 1.52 bits per heavy atom. The van der Waals surface area contributed by atoms with Crippen molar-refractivity contribution in [2.75, 3.05) is 19.8 Å². The minimum Gasteiger partial charge on any atom is -0.356 e. The molecule has 118 valence electrons. The van der Waals surface area contributed by atoms with Crippen LogP contribution in [-0.2, 0) is 6.54 Å². The number of aromatic nitrogens is 2. The summed E-state index contributed by atoms with van der Waals surface area (Å²) in [4.78, 5) is 4.32. The molecule has 1 saturated carbocycles. The van der Waals surface area contributed by atoms with Crippen molar-refractivity contribution in [2.45, 2.75) is 50.4 Å². The van der Waals surface area contributed by atoms with Crippen LogP contribution in [0.2, 0.25) is 0 Å². The van der Waals surface area contributed by atoms with Gasteiger partial charge in [-0.05, 0) is 44.4 Å². The number of rotatable bonds is 6. The Hall–Kier alpha value is -1.17. The Kier molecular flexibility index (Phi) is 6.42. The van der Waals surface area contributed by atoms with E-state index in [1.807, 2.05) is 29.7 Å². The van der Waals surface area contributed by atoms with Gasteiger partial charge in [0.05, 0.1) is 6.20 Å². The Labute approximate surface area is 132 Å².